The van der Waals surface area contributed by atoms with Gasteiger partial charge in [-0.15, -0.1) is 22.7 Å². The van der Waals surface area contributed by atoms with Crippen LogP contribution in [0.4, 0.5) is 5.13 Å². The highest BCUT2D eigenvalue weighted by Crippen LogP contribution is 2.16. The standard InChI is InChI=1S/C11H16N4S2/c1-2-15(5-3-10-13-4-6-16-10)8-9-7-14-11(12)17-9/h4,6-7H,2-3,5,8H2,1H3,(H2,12,14). The molecule has 2 aromatic heterocycles. The Bertz CT molecular complexity index is 438. The maximum Gasteiger partial charge on any atom is 0.180 e. The van der Waals surface area contributed by atoms with Gasteiger partial charge in [-0.1, -0.05) is 6.92 Å². The summed E-state index contributed by atoms with van der Waals surface area (Å²) in [5, 5.41) is 3.87. The molecule has 0 atom stereocenters. The lowest BCUT2D eigenvalue weighted by Gasteiger charge is -2.18. The number of nitrogens with zero attached hydrogens (tertiary/aromatic N) is 3. The molecule has 0 saturated heterocycles. The van der Waals surface area contributed by atoms with Crippen LogP contribution in [-0.2, 0) is 13.0 Å². The second kappa shape index (κ2) is 6.09. The Morgan fingerprint density at radius 2 is 2.29 bits per heavy atom. The average molecular weight is 268 g/mol. The van der Waals surface area contributed by atoms with E-state index in [0.717, 1.165) is 26.1 Å². The fourth-order valence-corrected chi connectivity index (χ4v) is 2.93. The molecule has 92 valence electrons. The highest BCUT2D eigenvalue weighted by Gasteiger charge is 2.07. The molecule has 0 saturated carbocycles. The van der Waals surface area contributed by atoms with Crippen molar-refractivity contribution in [2.45, 2.75) is 19.9 Å². The van der Waals surface area contributed by atoms with E-state index < -0.39 is 0 Å². The summed E-state index contributed by atoms with van der Waals surface area (Å²) in [7, 11) is 0. The first kappa shape index (κ1) is 12.5. The Kier molecular flexibility index (Phi) is 4.47. The molecule has 0 aliphatic heterocycles. The Hall–Kier alpha value is -0.980. The third-order valence-electron chi connectivity index (χ3n) is 2.52. The predicted molar refractivity (Wildman–Crippen MR) is 73.3 cm³/mol. The van der Waals surface area contributed by atoms with Crippen molar-refractivity contribution < 1.29 is 0 Å². The summed E-state index contributed by atoms with van der Waals surface area (Å²) in [5.74, 6) is 0. The minimum Gasteiger partial charge on any atom is -0.375 e. The fourth-order valence-electron chi connectivity index (χ4n) is 1.60. The first-order valence-corrected chi connectivity index (χ1v) is 7.28. The molecule has 2 N–H and O–H groups in total. The summed E-state index contributed by atoms with van der Waals surface area (Å²) in [5.41, 5.74) is 5.63. The van der Waals surface area contributed by atoms with E-state index >= 15 is 0 Å². The number of thiazole rings is 2. The maximum absolute atomic E-state index is 5.63. The lowest BCUT2D eigenvalue weighted by atomic mass is 10.3. The van der Waals surface area contributed by atoms with Crippen LogP contribution in [-0.4, -0.2) is 28.0 Å². The molecular formula is C11H16N4S2. The third-order valence-corrected chi connectivity index (χ3v) is 4.17. The fraction of sp³-hybridized carbons (Fsp3) is 0.455. The Balaban J connectivity index is 1.84. The van der Waals surface area contributed by atoms with Crippen LogP contribution in [0.15, 0.2) is 17.8 Å². The van der Waals surface area contributed by atoms with E-state index in [1.165, 1.54) is 9.88 Å². The van der Waals surface area contributed by atoms with Crippen LogP contribution in [0.5, 0.6) is 0 Å². The van der Waals surface area contributed by atoms with Gasteiger partial charge in [-0.3, -0.25) is 4.90 Å². The van der Waals surface area contributed by atoms with Gasteiger partial charge in [0.1, 0.15) is 0 Å². The minimum absolute atomic E-state index is 0.649. The van der Waals surface area contributed by atoms with E-state index in [0.29, 0.717) is 5.13 Å². The van der Waals surface area contributed by atoms with Crippen molar-refractivity contribution in [3.05, 3.63) is 27.7 Å². The van der Waals surface area contributed by atoms with Gasteiger partial charge in [-0.05, 0) is 6.54 Å². The zero-order valence-electron chi connectivity index (χ0n) is 9.80. The first-order chi connectivity index (χ1) is 8.28. The highest BCUT2D eigenvalue weighted by atomic mass is 32.1. The normalized spacial score (nSPS) is 11.2. The van der Waals surface area contributed by atoms with E-state index in [4.69, 9.17) is 5.73 Å². The summed E-state index contributed by atoms with van der Waals surface area (Å²) in [6, 6.07) is 0. The second-order valence-corrected chi connectivity index (χ2v) is 5.84. The Morgan fingerprint density at radius 3 is 2.88 bits per heavy atom. The van der Waals surface area contributed by atoms with E-state index in [9.17, 15) is 0 Å². The van der Waals surface area contributed by atoms with Crippen molar-refractivity contribution in [1.29, 1.82) is 0 Å². The quantitative estimate of drug-likeness (QED) is 0.873. The van der Waals surface area contributed by atoms with Crippen LogP contribution in [0.3, 0.4) is 0 Å². The van der Waals surface area contributed by atoms with Crippen molar-refractivity contribution >= 4 is 27.8 Å². The average Bonchev–Trinajstić information content (AvgIpc) is 2.96. The third kappa shape index (κ3) is 3.76. The van der Waals surface area contributed by atoms with Crippen LogP contribution in [0.1, 0.15) is 16.8 Å². The van der Waals surface area contributed by atoms with Crippen molar-refractivity contribution in [2.75, 3.05) is 18.8 Å². The molecule has 2 rings (SSSR count). The predicted octanol–water partition coefficient (Wildman–Crippen LogP) is 2.25. The number of anilines is 1. The van der Waals surface area contributed by atoms with Crippen molar-refractivity contribution in [2.24, 2.45) is 0 Å². The topological polar surface area (TPSA) is 55.0 Å². The number of nitrogen functional groups attached to an aromatic ring is 1. The van der Waals surface area contributed by atoms with Gasteiger partial charge in [-0.25, -0.2) is 9.97 Å². The number of rotatable bonds is 6. The van der Waals surface area contributed by atoms with Crippen LogP contribution in [0, 0.1) is 0 Å². The van der Waals surface area contributed by atoms with Gasteiger partial charge < -0.3 is 5.73 Å². The number of aromatic nitrogens is 2. The molecule has 17 heavy (non-hydrogen) atoms. The largest absolute Gasteiger partial charge is 0.375 e. The summed E-state index contributed by atoms with van der Waals surface area (Å²) in [6.45, 7) is 5.16. The molecule has 0 unspecified atom stereocenters. The molecule has 0 aromatic carbocycles. The van der Waals surface area contributed by atoms with E-state index in [-0.39, 0.29) is 0 Å². The molecule has 0 radical (unpaired) electrons. The summed E-state index contributed by atoms with van der Waals surface area (Å²) >= 11 is 3.29. The summed E-state index contributed by atoms with van der Waals surface area (Å²) in [6.07, 6.45) is 4.74. The van der Waals surface area contributed by atoms with Crippen LogP contribution in [0.2, 0.25) is 0 Å². The van der Waals surface area contributed by atoms with Crippen molar-refractivity contribution in [1.82, 2.24) is 14.9 Å². The number of hydrogen-bond acceptors (Lipinski definition) is 6. The molecule has 0 fully saturated rings. The number of likely N-dealkylation sites (N-methyl/N-ethyl adjacent to an activating group) is 1. The Morgan fingerprint density at radius 1 is 1.41 bits per heavy atom. The van der Waals surface area contributed by atoms with Gasteiger partial charge in [0, 0.05) is 42.2 Å². The lowest BCUT2D eigenvalue weighted by Crippen LogP contribution is -2.24. The molecule has 0 aliphatic carbocycles. The minimum atomic E-state index is 0.649. The molecule has 0 aliphatic rings. The molecule has 0 bridgehead atoms. The molecule has 6 heteroatoms. The smallest absolute Gasteiger partial charge is 0.180 e. The second-order valence-electron chi connectivity index (χ2n) is 3.71. The van der Waals surface area contributed by atoms with Crippen LogP contribution in [0.25, 0.3) is 0 Å². The molecule has 0 amide bonds. The van der Waals surface area contributed by atoms with Gasteiger partial charge >= 0.3 is 0 Å². The van der Waals surface area contributed by atoms with Crippen LogP contribution < -0.4 is 5.73 Å². The number of nitrogens with two attached hydrogens (primary N) is 1. The van der Waals surface area contributed by atoms with Gasteiger partial charge in [0.15, 0.2) is 5.13 Å². The zero-order valence-corrected chi connectivity index (χ0v) is 11.4. The molecule has 4 nitrogen and oxygen atoms in total. The Labute approximate surface area is 109 Å². The maximum atomic E-state index is 5.63. The van der Waals surface area contributed by atoms with Crippen molar-refractivity contribution in [3.63, 3.8) is 0 Å². The lowest BCUT2D eigenvalue weighted by molar-refractivity contribution is 0.286. The number of hydrogen-bond donors (Lipinski definition) is 1. The van der Waals surface area contributed by atoms with E-state index in [1.807, 2.05) is 17.8 Å². The van der Waals surface area contributed by atoms with Gasteiger partial charge in [0.25, 0.3) is 0 Å². The first-order valence-electron chi connectivity index (χ1n) is 5.59. The van der Waals surface area contributed by atoms with Crippen molar-refractivity contribution in [3.8, 4) is 0 Å². The van der Waals surface area contributed by atoms with Gasteiger partial charge in [-0.2, -0.15) is 0 Å². The monoisotopic (exact) mass is 268 g/mol. The molecule has 2 heterocycles. The zero-order chi connectivity index (χ0) is 12.1. The molecular weight excluding hydrogens is 252 g/mol. The van der Waals surface area contributed by atoms with Gasteiger partial charge in [0.05, 0.1) is 5.01 Å². The highest BCUT2D eigenvalue weighted by molar-refractivity contribution is 7.15. The molecule has 0 spiro atoms. The van der Waals surface area contributed by atoms with E-state index in [2.05, 4.69) is 21.8 Å². The SMILES string of the molecule is CCN(CCc1nccs1)Cc1cnc(N)s1. The van der Waals surface area contributed by atoms with Gasteiger partial charge in [0.2, 0.25) is 0 Å². The summed E-state index contributed by atoms with van der Waals surface area (Å²) in [4.78, 5) is 12.0. The van der Waals surface area contributed by atoms with E-state index in [1.54, 1.807) is 22.7 Å². The summed E-state index contributed by atoms with van der Waals surface area (Å²) < 4.78 is 0. The molecule has 2 aromatic rings. The van der Waals surface area contributed by atoms with Crippen LogP contribution >= 0.6 is 22.7 Å².